The molecule has 1 atom stereocenters. The van der Waals surface area contributed by atoms with E-state index in [1.165, 1.54) is 0 Å². The van der Waals surface area contributed by atoms with Crippen molar-refractivity contribution in [3.05, 3.63) is 90.3 Å². The summed E-state index contributed by atoms with van der Waals surface area (Å²) in [6, 6.07) is 19.8. The number of likely N-dealkylation sites (N-methyl/N-ethyl adjacent to an activating group) is 1. The SMILES string of the molecule is CNC(=O)C(NC(=O)c1ccc(-c2cn[nH]c2)c2ccccc12)c1ccccc1. The summed E-state index contributed by atoms with van der Waals surface area (Å²) >= 11 is 0. The van der Waals surface area contributed by atoms with Crippen LogP contribution in [-0.4, -0.2) is 29.1 Å². The van der Waals surface area contributed by atoms with Gasteiger partial charge in [0.05, 0.1) is 6.20 Å². The first-order valence-corrected chi connectivity index (χ1v) is 9.27. The Morgan fingerprint density at radius 1 is 0.931 bits per heavy atom. The second-order valence-electron chi connectivity index (χ2n) is 6.62. The van der Waals surface area contributed by atoms with E-state index in [0.717, 1.165) is 27.5 Å². The molecule has 6 nitrogen and oxygen atoms in total. The minimum atomic E-state index is -0.777. The fourth-order valence-corrected chi connectivity index (χ4v) is 3.45. The Labute approximate surface area is 168 Å². The lowest BCUT2D eigenvalue weighted by atomic mass is 9.96. The van der Waals surface area contributed by atoms with Crippen LogP contribution < -0.4 is 10.6 Å². The first kappa shape index (κ1) is 18.4. The Morgan fingerprint density at radius 2 is 1.66 bits per heavy atom. The summed E-state index contributed by atoms with van der Waals surface area (Å²) in [6.45, 7) is 0. The van der Waals surface area contributed by atoms with Gasteiger partial charge in [-0.25, -0.2) is 0 Å². The quantitative estimate of drug-likeness (QED) is 0.493. The van der Waals surface area contributed by atoms with E-state index in [9.17, 15) is 9.59 Å². The number of carbonyl (C=O) groups is 2. The van der Waals surface area contributed by atoms with Crippen molar-refractivity contribution in [3.8, 4) is 11.1 Å². The molecule has 2 amide bonds. The molecule has 4 rings (SSSR count). The number of nitrogens with zero attached hydrogens (tertiary/aromatic N) is 1. The normalized spacial score (nSPS) is 11.8. The van der Waals surface area contributed by atoms with Gasteiger partial charge in [-0.3, -0.25) is 14.7 Å². The molecule has 29 heavy (non-hydrogen) atoms. The molecule has 0 fully saturated rings. The van der Waals surface area contributed by atoms with E-state index >= 15 is 0 Å². The number of hydrogen-bond acceptors (Lipinski definition) is 3. The molecular weight excluding hydrogens is 364 g/mol. The highest BCUT2D eigenvalue weighted by Crippen LogP contribution is 2.30. The van der Waals surface area contributed by atoms with E-state index in [4.69, 9.17) is 0 Å². The zero-order chi connectivity index (χ0) is 20.2. The van der Waals surface area contributed by atoms with E-state index in [1.54, 1.807) is 19.3 Å². The van der Waals surface area contributed by atoms with Crippen LogP contribution in [0.2, 0.25) is 0 Å². The van der Waals surface area contributed by atoms with Gasteiger partial charge in [0.15, 0.2) is 0 Å². The van der Waals surface area contributed by atoms with Crippen LogP contribution in [-0.2, 0) is 4.79 Å². The number of rotatable bonds is 5. The Hall–Kier alpha value is -3.93. The molecule has 1 aromatic heterocycles. The van der Waals surface area contributed by atoms with Crippen LogP contribution in [0.25, 0.3) is 21.9 Å². The highest BCUT2D eigenvalue weighted by atomic mass is 16.2. The van der Waals surface area contributed by atoms with Gasteiger partial charge in [-0.05, 0) is 28.0 Å². The molecule has 0 saturated heterocycles. The molecule has 0 bridgehead atoms. The zero-order valence-corrected chi connectivity index (χ0v) is 15.8. The van der Waals surface area contributed by atoms with Gasteiger partial charge in [0.2, 0.25) is 5.91 Å². The van der Waals surface area contributed by atoms with Crippen molar-refractivity contribution in [2.45, 2.75) is 6.04 Å². The van der Waals surface area contributed by atoms with E-state index in [-0.39, 0.29) is 11.8 Å². The number of amides is 2. The molecule has 3 N–H and O–H groups in total. The Morgan fingerprint density at radius 3 is 2.34 bits per heavy atom. The molecule has 1 heterocycles. The topological polar surface area (TPSA) is 86.9 Å². The van der Waals surface area contributed by atoms with Crippen LogP contribution >= 0.6 is 0 Å². The molecule has 144 valence electrons. The van der Waals surface area contributed by atoms with Gasteiger partial charge in [-0.1, -0.05) is 60.7 Å². The molecule has 0 spiro atoms. The van der Waals surface area contributed by atoms with Gasteiger partial charge in [0.1, 0.15) is 6.04 Å². The molecule has 4 aromatic rings. The standard InChI is InChI=1S/C23H20N4O2/c1-24-23(29)21(15-7-3-2-4-8-15)27-22(28)20-12-11-17(16-13-25-26-14-16)18-9-5-6-10-19(18)20/h2-14,21H,1H3,(H,24,29)(H,25,26)(H,27,28). The van der Waals surface area contributed by atoms with E-state index in [2.05, 4.69) is 20.8 Å². The van der Waals surface area contributed by atoms with Crippen LogP contribution in [0.5, 0.6) is 0 Å². The van der Waals surface area contributed by atoms with Gasteiger partial charge in [0, 0.05) is 24.4 Å². The van der Waals surface area contributed by atoms with Crippen LogP contribution in [0.3, 0.4) is 0 Å². The summed E-state index contributed by atoms with van der Waals surface area (Å²) in [5.41, 5.74) is 3.16. The summed E-state index contributed by atoms with van der Waals surface area (Å²) in [6.07, 6.45) is 3.57. The fourth-order valence-electron chi connectivity index (χ4n) is 3.45. The Kier molecular flexibility index (Phi) is 5.07. The largest absolute Gasteiger partial charge is 0.357 e. The number of fused-ring (bicyclic) bond motifs is 1. The lowest BCUT2D eigenvalue weighted by Gasteiger charge is -2.19. The van der Waals surface area contributed by atoms with E-state index < -0.39 is 6.04 Å². The third-order valence-corrected chi connectivity index (χ3v) is 4.89. The van der Waals surface area contributed by atoms with Gasteiger partial charge < -0.3 is 10.6 Å². The maximum Gasteiger partial charge on any atom is 0.252 e. The predicted molar refractivity (Wildman–Crippen MR) is 112 cm³/mol. The predicted octanol–water partition coefficient (Wildman–Crippen LogP) is 3.45. The van der Waals surface area contributed by atoms with E-state index in [1.807, 2.05) is 66.9 Å². The van der Waals surface area contributed by atoms with Crippen LogP contribution in [0, 0.1) is 0 Å². The van der Waals surface area contributed by atoms with Crippen molar-refractivity contribution >= 4 is 22.6 Å². The maximum absolute atomic E-state index is 13.2. The molecule has 1 unspecified atom stereocenters. The second kappa shape index (κ2) is 7.98. The summed E-state index contributed by atoms with van der Waals surface area (Å²) in [5, 5.41) is 14.1. The highest BCUT2D eigenvalue weighted by Gasteiger charge is 2.23. The van der Waals surface area contributed by atoms with Crippen molar-refractivity contribution in [3.63, 3.8) is 0 Å². The average molecular weight is 384 g/mol. The Bertz CT molecular complexity index is 1150. The molecular formula is C23H20N4O2. The number of aromatic nitrogens is 2. The minimum Gasteiger partial charge on any atom is -0.357 e. The number of carbonyl (C=O) groups excluding carboxylic acids is 2. The molecule has 0 aliphatic carbocycles. The third-order valence-electron chi connectivity index (χ3n) is 4.89. The van der Waals surface area contributed by atoms with Crippen molar-refractivity contribution in [2.75, 3.05) is 7.05 Å². The van der Waals surface area contributed by atoms with Gasteiger partial charge in [0.25, 0.3) is 5.91 Å². The van der Waals surface area contributed by atoms with Gasteiger partial charge >= 0.3 is 0 Å². The lowest BCUT2D eigenvalue weighted by molar-refractivity contribution is -0.122. The third kappa shape index (κ3) is 3.60. The first-order chi connectivity index (χ1) is 14.2. The maximum atomic E-state index is 13.2. The lowest BCUT2D eigenvalue weighted by Crippen LogP contribution is -2.39. The van der Waals surface area contributed by atoms with Crippen LogP contribution in [0.1, 0.15) is 22.0 Å². The van der Waals surface area contributed by atoms with Gasteiger partial charge in [-0.2, -0.15) is 5.10 Å². The molecule has 0 saturated carbocycles. The molecule has 0 radical (unpaired) electrons. The van der Waals surface area contributed by atoms with Crippen molar-refractivity contribution < 1.29 is 9.59 Å². The summed E-state index contributed by atoms with van der Waals surface area (Å²) in [4.78, 5) is 25.6. The average Bonchev–Trinajstić information content (AvgIpc) is 3.31. The van der Waals surface area contributed by atoms with Gasteiger partial charge in [-0.15, -0.1) is 0 Å². The van der Waals surface area contributed by atoms with E-state index in [0.29, 0.717) is 5.56 Å². The molecule has 6 heteroatoms. The number of H-pyrrole nitrogens is 1. The Balaban J connectivity index is 1.74. The summed E-state index contributed by atoms with van der Waals surface area (Å²) < 4.78 is 0. The molecule has 0 aliphatic rings. The number of aromatic amines is 1. The van der Waals surface area contributed by atoms with Crippen LogP contribution in [0.4, 0.5) is 0 Å². The van der Waals surface area contributed by atoms with Crippen LogP contribution in [0.15, 0.2) is 79.1 Å². The number of benzene rings is 3. The smallest absolute Gasteiger partial charge is 0.252 e. The first-order valence-electron chi connectivity index (χ1n) is 9.27. The second-order valence-corrected chi connectivity index (χ2v) is 6.62. The monoisotopic (exact) mass is 384 g/mol. The number of nitrogens with one attached hydrogen (secondary N) is 3. The number of hydrogen-bond donors (Lipinski definition) is 3. The zero-order valence-electron chi connectivity index (χ0n) is 15.8. The summed E-state index contributed by atoms with van der Waals surface area (Å²) in [5.74, 6) is -0.582. The van der Waals surface area contributed by atoms with Crippen molar-refractivity contribution in [2.24, 2.45) is 0 Å². The van der Waals surface area contributed by atoms with Crippen molar-refractivity contribution in [1.82, 2.24) is 20.8 Å². The summed E-state index contributed by atoms with van der Waals surface area (Å²) in [7, 11) is 1.56. The fraction of sp³-hybridized carbons (Fsp3) is 0.0870. The molecule has 3 aromatic carbocycles. The minimum absolute atomic E-state index is 0.274. The molecule has 0 aliphatic heterocycles. The van der Waals surface area contributed by atoms with Crippen molar-refractivity contribution in [1.29, 1.82) is 0 Å². The highest BCUT2D eigenvalue weighted by molar-refractivity contribution is 6.11.